The van der Waals surface area contributed by atoms with Crippen LogP contribution in [0.4, 0.5) is 0 Å². The van der Waals surface area contributed by atoms with Crippen molar-refractivity contribution in [2.24, 2.45) is 0 Å². The summed E-state index contributed by atoms with van der Waals surface area (Å²) in [6, 6.07) is 0. The minimum atomic E-state index is -0.448. The first-order valence-electron chi connectivity index (χ1n) is 5.03. The van der Waals surface area contributed by atoms with Crippen LogP contribution in [0.15, 0.2) is 0 Å². The fourth-order valence-corrected chi connectivity index (χ4v) is 1.12. The minimum absolute atomic E-state index is 0.0889. The summed E-state index contributed by atoms with van der Waals surface area (Å²) in [5, 5.41) is 0. The van der Waals surface area contributed by atoms with Crippen molar-refractivity contribution in [2.45, 2.75) is 39.2 Å². The van der Waals surface area contributed by atoms with Crippen molar-refractivity contribution in [1.29, 1.82) is 0 Å². The van der Waals surface area contributed by atoms with E-state index in [1.165, 1.54) is 6.92 Å². The second-order valence-corrected chi connectivity index (χ2v) is 3.57. The molecule has 15 heavy (non-hydrogen) atoms. The Morgan fingerprint density at radius 1 is 1.40 bits per heavy atom. The number of carbonyl (C=O) groups is 2. The van der Waals surface area contributed by atoms with Crippen LogP contribution < -0.4 is 0 Å². The second-order valence-electron chi connectivity index (χ2n) is 3.20. The molecule has 4 nitrogen and oxygen atoms in total. The number of hydrogen-bond donors (Lipinski definition) is 1. The highest BCUT2D eigenvalue weighted by Crippen LogP contribution is 2.01. The van der Waals surface area contributed by atoms with Gasteiger partial charge >= 0.3 is 11.9 Å². The largest absolute Gasteiger partial charge is 0.462 e. The Balaban J connectivity index is 3.69. The topological polar surface area (TPSA) is 52.6 Å². The van der Waals surface area contributed by atoms with E-state index >= 15 is 0 Å². The lowest BCUT2D eigenvalue weighted by Gasteiger charge is -2.14. The molecule has 0 saturated heterocycles. The summed E-state index contributed by atoms with van der Waals surface area (Å²) in [6.07, 6.45) is 1.74. The summed E-state index contributed by atoms with van der Waals surface area (Å²) in [6.45, 7) is 3.41. The van der Waals surface area contributed by atoms with Crippen molar-refractivity contribution in [3.63, 3.8) is 0 Å². The normalized spacial score (nSPS) is 11.9. The molecule has 0 aromatic heterocycles. The van der Waals surface area contributed by atoms with Gasteiger partial charge in [-0.05, 0) is 6.42 Å². The molecule has 1 atom stereocenters. The van der Waals surface area contributed by atoms with Gasteiger partial charge in [0.15, 0.2) is 0 Å². The highest BCUT2D eigenvalue weighted by Gasteiger charge is 2.12. The van der Waals surface area contributed by atoms with E-state index in [0.717, 1.165) is 12.8 Å². The summed E-state index contributed by atoms with van der Waals surface area (Å²) in [7, 11) is 0. The van der Waals surface area contributed by atoms with Crippen LogP contribution in [0.5, 0.6) is 0 Å². The quantitative estimate of drug-likeness (QED) is 0.537. The van der Waals surface area contributed by atoms with E-state index in [9.17, 15) is 9.59 Å². The molecule has 0 bridgehead atoms. The summed E-state index contributed by atoms with van der Waals surface area (Å²) < 4.78 is 9.79. The van der Waals surface area contributed by atoms with Crippen LogP contribution in [0.2, 0.25) is 0 Å². The van der Waals surface area contributed by atoms with Gasteiger partial charge in [0.05, 0.1) is 0 Å². The summed E-state index contributed by atoms with van der Waals surface area (Å²) >= 11 is 3.99. The zero-order valence-corrected chi connectivity index (χ0v) is 10.1. The summed E-state index contributed by atoms with van der Waals surface area (Å²) in [5.41, 5.74) is 0. The Morgan fingerprint density at radius 3 is 2.53 bits per heavy atom. The average Bonchev–Trinajstić information content (AvgIpc) is 2.20. The third kappa shape index (κ3) is 8.30. The molecule has 0 unspecified atom stereocenters. The van der Waals surface area contributed by atoms with Crippen LogP contribution in [0.3, 0.4) is 0 Å². The van der Waals surface area contributed by atoms with Gasteiger partial charge in [-0.15, -0.1) is 0 Å². The van der Waals surface area contributed by atoms with Crippen LogP contribution in [-0.4, -0.2) is 30.4 Å². The van der Waals surface area contributed by atoms with E-state index in [-0.39, 0.29) is 12.6 Å². The zero-order valence-electron chi connectivity index (χ0n) is 9.19. The molecule has 0 rings (SSSR count). The predicted molar refractivity (Wildman–Crippen MR) is 59.9 cm³/mol. The summed E-state index contributed by atoms with van der Waals surface area (Å²) in [4.78, 5) is 21.8. The molecule has 0 N–H and O–H groups in total. The van der Waals surface area contributed by atoms with Crippen molar-refractivity contribution in [3.05, 3.63) is 0 Å². The van der Waals surface area contributed by atoms with E-state index in [0.29, 0.717) is 12.2 Å². The molecule has 0 aromatic rings. The van der Waals surface area contributed by atoms with Crippen LogP contribution in [0.25, 0.3) is 0 Å². The first kappa shape index (κ1) is 14.3. The Hall–Kier alpha value is -0.710. The lowest BCUT2D eigenvalue weighted by atomic mass is 10.2. The zero-order chi connectivity index (χ0) is 11.7. The van der Waals surface area contributed by atoms with Crippen LogP contribution in [0.1, 0.15) is 33.1 Å². The van der Waals surface area contributed by atoms with E-state index in [1.807, 2.05) is 6.92 Å². The highest BCUT2D eigenvalue weighted by atomic mass is 32.1. The SMILES string of the molecule is CCCCC(=O)OC[C@H](CS)OC(C)=O. The van der Waals surface area contributed by atoms with Crippen LogP contribution in [0, 0.1) is 0 Å². The molecule has 0 spiro atoms. The number of carbonyl (C=O) groups excluding carboxylic acids is 2. The molecule has 0 saturated carbocycles. The molecule has 0 heterocycles. The van der Waals surface area contributed by atoms with Gasteiger partial charge < -0.3 is 9.47 Å². The first-order valence-corrected chi connectivity index (χ1v) is 5.67. The molecule has 0 aliphatic heterocycles. The Kier molecular flexibility index (Phi) is 8.18. The van der Waals surface area contributed by atoms with Crippen molar-refractivity contribution in [3.8, 4) is 0 Å². The van der Waals surface area contributed by atoms with Gasteiger partial charge in [-0.2, -0.15) is 12.6 Å². The maximum absolute atomic E-state index is 11.1. The number of hydrogen-bond acceptors (Lipinski definition) is 5. The van der Waals surface area contributed by atoms with Gasteiger partial charge in [0, 0.05) is 19.1 Å². The monoisotopic (exact) mass is 234 g/mol. The Bertz CT molecular complexity index is 206. The van der Waals surface area contributed by atoms with Crippen molar-refractivity contribution >= 4 is 24.6 Å². The molecule has 0 amide bonds. The van der Waals surface area contributed by atoms with E-state index in [4.69, 9.17) is 9.47 Å². The molecule has 0 aliphatic rings. The van der Waals surface area contributed by atoms with Gasteiger partial charge in [0.2, 0.25) is 0 Å². The molecule has 0 radical (unpaired) electrons. The molecule has 88 valence electrons. The lowest BCUT2D eigenvalue weighted by molar-refractivity contribution is -0.156. The number of ether oxygens (including phenoxy) is 2. The van der Waals surface area contributed by atoms with Gasteiger partial charge in [-0.3, -0.25) is 9.59 Å². The number of unbranched alkanes of at least 4 members (excludes halogenated alkanes) is 1. The average molecular weight is 234 g/mol. The minimum Gasteiger partial charge on any atom is -0.462 e. The molecule has 0 aliphatic carbocycles. The van der Waals surface area contributed by atoms with Crippen molar-refractivity contribution in [1.82, 2.24) is 0 Å². The predicted octanol–water partition coefficient (Wildman–Crippen LogP) is 1.58. The van der Waals surface area contributed by atoms with Crippen molar-refractivity contribution < 1.29 is 19.1 Å². The van der Waals surface area contributed by atoms with Gasteiger partial charge in [0.25, 0.3) is 0 Å². The Labute approximate surface area is 95.7 Å². The third-order valence-corrected chi connectivity index (χ3v) is 2.11. The first-order chi connectivity index (χ1) is 7.10. The van der Waals surface area contributed by atoms with E-state index < -0.39 is 12.1 Å². The third-order valence-electron chi connectivity index (χ3n) is 1.70. The smallest absolute Gasteiger partial charge is 0.305 e. The molecule has 0 fully saturated rings. The maximum atomic E-state index is 11.1. The van der Waals surface area contributed by atoms with E-state index in [1.54, 1.807) is 0 Å². The number of rotatable bonds is 7. The van der Waals surface area contributed by atoms with Gasteiger partial charge in [-0.25, -0.2) is 0 Å². The maximum Gasteiger partial charge on any atom is 0.305 e. The summed E-state index contributed by atoms with van der Waals surface area (Å²) in [5.74, 6) is -0.296. The highest BCUT2D eigenvalue weighted by molar-refractivity contribution is 7.80. The second kappa shape index (κ2) is 8.59. The fraction of sp³-hybridized carbons (Fsp3) is 0.800. The van der Waals surface area contributed by atoms with Crippen molar-refractivity contribution in [2.75, 3.05) is 12.4 Å². The molecule has 0 aromatic carbocycles. The number of thiol groups is 1. The fourth-order valence-electron chi connectivity index (χ4n) is 0.938. The number of esters is 2. The van der Waals surface area contributed by atoms with Gasteiger partial charge in [0.1, 0.15) is 12.7 Å². The Morgan fingerprint density at radius 2 is 2.07 bits per heavy atom. The molecular weight excluding hydrogens is 216 g/mol. The van der Waals surface area contributed by atoms with Crippen LogP contribution >= 0.6 is 12.6 Å². The van der Waals surface area contributed by atoms with Crippen LogP contribution in [-0.2, 0) is 19.1 Å². The van der Waals surface area contributed by atoms with E-state index in [2.05, 4.69) is 12.6 Å². The van der Waals surface area contributed by atoms with Gasteiger partial charge in [-0.1, -0.05) is 13.3 Å². The lowest BCUT2D eigenvalue weighted by Crippen LogP contribution is -2.25. The molecule has 5 heteroatoms. The molecular formula is C10H18O4S. The standard InChI is InChI=1S/C10H18O4S/c1-3-4-5-10(12)13-6-9(7-15)14-8(2)11/h9,15H,3-7H2,1-2H3/t9-/m1/s1.